The van der Waals surface area contributed by atoms with Crippen LogP contribution in [0.1, 0.15) is 12.5 Å². The quantitative estimate of drug-likeness (QED) is 0.682. The maximum absolute atomic E-state index is 12.8. The van der Waals surface area contributed by atoms with E-state index < -0.39 is 26.1 Å². The molecule has 0 unspecified atom stereocenters. The molecule has 0 saturated carbocycles. The van der Waals surface area contributed by atoms with E-state index in [1.165, 1.54) is 28.8 Å². The van der Waals surface area contributed by atoms with Gasteiger partial charge >= 0.3 is 0 Å². The largest absolute Gasteiger partial charge is 0.338 e. The van der Waals surface area contributed by atoms with Crippen LogP contribution < -0.4 is 4.72 Å². The minimum absolute atomic E-state index is 0.113. The minimum atomic E-state index is -3.69. The number of aromatic nitrogens is 1. The lowest BCUT2D eigenvalue weighted by Crippen LogP contribution is -2.52. The summed E-state index contributed by atoms with van der Waals surface area (Å²) in [4.78, 5) is 22.8. The first-order chi connectivity index (χ1) is 14.7. The van der Waals surface area contributed by atoms with E-state index in [1.54, 1.807) is 36.1 Å². The molecule has 0 spiro atoms. The Morgan fingerprint density at radius 2 is 1.84 bits per heavy atom. The van der Waals surface area contributed by atoms with Crippen molar-refractivity contribution in [3.63, 3.8) is 0 Å². The number of benzene rings is 1. The molecule has 1 saturated heterocycles. The van der Waals surface area contributed by atoms with Crippen LogP contribution in [-0.4, -0.2) is 75.0 Å². The fourth-order valence-electron chi connectivity index (χ4n) is 3.54. The number of pyridine rings is 1. The SMILES string of the molecule is C[C@H](N=C1NS(=O)(=O)c2ccccc21)C(=O)N1CCN(S(=O)(=O)c2cccnc2)CC1. The van der Waals surface area contributed by atoms with Crippen molar-refractivity contribution in [3.8, 4) is 0 Å². The maximum Gasteiger partial charge on any atom is 0.263 e. The van der Waals surface area contributed by atoms with Gasteiger partial charge in [-0.1, -0.05) is 12.1 Å². The number of nitrogens with one attached hydrogen (secondary N) is 1. The molecule has 12 heteroatoms. The van der Waals surface area contributed by atoms with Crippen LogP contribution in [0.15, 0.2) is 63.6 Å². The molecule has 31 heavy (non-hydrogen) atoms. The number of hydrogen-bond acceptors (Lipinski definition) is 7. The second kappa shape index (κ2) is 8.02. The highest BCUT2D eigenvalue weighted by molar-refractivity contribution is 7.90. The summed E-state index contributed by atoms with van der Waals surface area (Å²) in [6.07, 6.45) is 2.80. The average Bonchev–Trinajstić information content (AvgIpc) is 3.04. The number of rotatable bonds is 4. The summed E-state index contributed by atoms with van der Waals surface area (Å²) in [5, 5.41) is 0. The number of fused-ring (bicyclic) bond motifs is 1. The Morgan fingerprint density at radius 3 is 2.52 bits per heavy atom. The van der Waals surface area contributed by atoms with Crippen molar-refractivity contribution in [3.05, 3.63) is 54.4 Å². The smallest absolute Gasteiger partial charge is 0.263 e. The van der Waals surface area contributed by atoms with Crippen LogP contribution >= 0.6 is 0 Å². The molecule has 1 atom stereocenters. The first-order valence-electron chi connectivity index (χ1n) is 9.59. The highest BCUT2D eigenvalue weighted by Gasteiger charge is 2.34. The highest BCUT2D eigenvalue weighted by Crippen LogP contribution is 2.23. The molecule has 3 heterocycles. The van der Waals surface area contributed by atoms with Gasteiger partial charge in [0.05, 0.1) is 4.90 Å². The zero-order chi connectivity index (χ0) is 22.2. The van der Waals surface area contributed by atoms with E-state index in [1.807, 2.05) is 0 Å². The van der Waals surface area contributed by atoms with Crippen LogP contribution in [0.4, 0.5) is 0 Å². The van der Waals surface area contributed by atoms with Crippen molar-refractivity contribution in [2.45, 2.75) is 22.8 Å². The molecule has 1 amide bonds. The fraction of sp³-hybridized carbons (Fsp3) is 0.316. The van der Waals surface area contributed by atoms with Crippen molar-refractivity contribution < 1.29 is 21.6 Å². The Labute approximate surface area is 180 Å². The van der Waals surface area contributed by atoms with E-state index in [9.17, 15) is 21.6 Å². The van der Waals surface area contributed by atoms with Crippen molar-refractivity contribution in [1.82, 2.24) is 18.9 Å². The summed E-state index contributed by atoms with van der Waals surface area (Å²) >= 11 is 0. The molecule has 0 aliphatic carbocycles. The van der Waals surface area contributed by atoms with Crippen LogP contribution in [0.5, 0.6) is 0 Å². The summed E-state index contributed by atoms with van der Waals surface area (Å²) in [6.45, 7) is 2.33. The zero-order valence-electron chi connectivity index (χ0n) is 16.7. The molecule has 164 valence electrons. The number of aliphatic imine (C=N–C) groups is 1. The predicted molar refractivity (Wildman–Crippen MR) is 112 cm³/mol. The van der Waals surface area contributed by atoms with Crippen molar-refractivity contribution in [1.29, 1.82) is 0 Å². The lowest BCUT2D eigenvalue weighted by atomic mass is 10.2. The molecular weight excluding hydrogens is 442 g/mol. The lowest BCUT2D eigenvalue weighted by molar-refractivity contribution is -0.133. The van der Waals surface area contributed by atoms with E-state index >= 15 is 0 Å². The van der Waals surface area contributed by atoms with Crippen LogP contribution in [0.3, 0.4) is 0 Å². The van der Waals surface area contributed by atoms with Crippen molar-refractivity contribution in [2.24, 2.45) is 4.99 Å². The number of amides is 1. The molecule has 10 nitrogen and oxygen atoms in total. The number of carbonyl (C=O) groups is 1. The van der Waals surface area contributed by atoms with E-state index in [0.717, 1.165) is 0 Å². The minimum Gasteiger partial charge on any atom is -0.338 e. The summed E-state index contributed by atoms with van der Waals surface area (Å²) < 4.78 is 53.5. The van der Waals surface area contributed by atoms with Gasteiger partial charge < -0.3 is 4.90 Å². The van der Waals surface area contributed by atoms with Gasteiger partial charge in [0, 0.05) is 44.1 Å². The highest BCUT2D eigenvalue weighted by atomic mass is 32.2. The standard InChI is InChI=1S/C19H21N5O5S2/c1-14(21-18-16-6-2-3-7-17(16)30(26,27)22-18)19(25)23-9-11-24(12-10-23)31(28,29)15-5-4-8-20-13-15/h2-8,13-14H,9-12H2,1H3,(H,21,22)/t14-/m0/s1. The second-order valence-electron chi connectivity index (χ2n) is 7.17. The Bertz CT molecular complexity index is 1240. The Balaban J connectivity index is 1.44. The van der Waals surface area contributed by atoms with Gasteiger partial charge in [0.1, 0.15) is 16.8 Å². The number of nitrogens with zero attached hydrogens (tertiary/aromatic N) is 4. The van der Waals surface area contributed by atoms with Crippen LogP contribution in [0, 0.1) is 0 Å². The number of amidine groups is 1. The maximum atomic E-state index is 12.8. The molecule has 0 bridgehead atoms. The molecule has 4 rings (SSSR count). The van der Waals surface area contributed by atoms with Gasteiger partial charge in [-0.2, -0.15) is 4.31 Å². The normalized spacial score (nSPS) is 20.8. The van der Waals surface area contributed by atoms with Crippen molar-refractivity contribution >= 4 is 31.8 Å². The average molecular weight is 464 g/mol. The van der Waals surface area contributed by atoms with E-state index in [0.29, 0.717) is 5.56 Å². The molecule has 2 aliphatic heterocycles. The van der Waals surface area contributed by atoms with Gasteiger partial charge in [-0.3, -0.25) is 19.5 Å². The zero-order valence-corrected chi connectivity index (χ0v) is 18.3. The Morgan fingerprint density at radius 1 is 1.13 bits per heavy atom. The number of carbonyl (C=O) groups excluding carboxylic acids is 1. The molecular formula is C19H21N5O5S2. The number of piperazine rings is 1. The van der Waals surface area contributed by atoms with Gasteiger partial charge in [0.2, 0.25) is 15.9 Å². The van der Waals surface area contributed by atoms with Gasteiger partial charge in [0.15, 0.2) is 0 Å². The predicted octanol–water partition coefficient (Wildman–Crippen LogP) is 0.0417. The Hall–Kier alpha value is -2.83. The van der Waals surface area contributed by atoms with Crippen molar-refractivity contribution in [2.75, 3.05) is 26.2 Å². The third-order valence-electron chi connectivity index (χ3n) is 5.17. The van der Waals surface area contributed by atoms with Gasteiger partial charge in [-0.25, -0.2) is 16.8 Å². The summed E-state index contributed by atoms with van der Waals surface area (Å²) in [5.74, 6) is -0.163. The van der Waals surface area contributed by atoms with Crippen LogP contribution in [-0.2, 0) is 24.8 Å². The second-order valence-corrected chi connectivity index (χ2v) is 10.8. The third kappa shape index (κ3) is 4.05. The molecule has 1 fully saturated rings. The van der Waals surface area contributed by atoms with Gasteiger partial charge in [0.25, 0.3) is 10.0 Å². The van der Waals surface area contributed by atoms with E-state index in [2.05, 4.69) is 14.7 Å². The van der Waals surface area contributed by atoms with E-state index in [4.69, 9.17) is 0 Å². The van der Waals surface area contributed by atoms with Gasteiger partial charge in [-0.15, -0.1) is 0 Å². The first kappa shape index (κ1) is 21.4. The molecule has 1 N–H and O–H groups in total. The van der Waals surface area contributed by atoms with E-state index in [-0.39, 0.29) is 47.7 Å². The van der Waals surface area contributed by atoms with Crippen LogP contribution in [0.2, 0.25) is 0 Å². The fourth-order valence-corrected chi connectivity index (χ4v) is 6.17. The molecule has 2 aliphatic rings. The topological polar surface area (TPSA) is 129 Å². The first-order valence-corrected chi connectivity index (χ1v) is 12.5. The monoisotopic (exact) mass is 463 g/mol. The van der Waals surface area contributed by atoms with Crippen LogP contribution in [0.25, 0.3) is 0 Å². The third-order valence-corrected chi connectivity index (χ3v) is 8.44. The Kier molecular flexibility index (Phi) is 5.54. The number of sulfonamides is 2. The lowest BCUT2D eigenvalue weighted by Gasteiger charge is -2.34. The summed E-state index contributed by atoms with van der Waals surface area (Å²) in [5.41, 5.74) is 0.425. The molecule has 1 aromatic heterocycles. The summed E-state index contributed by atoms with van der Waals surface area (Å²) in [7, 11) is -7.35. The van der Waals surface area contributed by atoms with Gasteiger partial charge in [-0.05, 0) is 31.2 Å². The summed E-state index contributed by atoms with van der Waals surface area (Å²) in [6, 6.07) is 8.64. The molecule has 2 aromatic rings. The number of hydrogen-bond donors (Lipinski definition) is 1. The molecule has 1 aromatic carbocycles. The molecule has 0 radical (unpaired) electrons.